The summed E-state index contributed by atoms with van der Waals surface area (Å²) in [7, 11) is 0. The van der Waals surface area contributed by atoms with Crippen LogP contribution in [0.15, 0.2) is 218 Å². The van der Waals surface area contributed by atoms with Crippen molar-refractivity contribution in [1.82, 2.24) is 19.5 Å². The molecule has 12 aromatic rings. The van der Waals surface area contributed by atoms with E-state index in [1.54, 1.807) is 0 Å². The summed E-state index contributed by atoms with van der Waals surface area (Å²) >= 11 is 0. The number of nitrogens with zero attached hydrogens (tertiary/aromatic N) is 4. The molecule has 4 heteroatoms. The third-order valence-electron chi connectivity index (χ3n) is 11.9. The van der Waals surface area contributed by atoms with Gasteiger partial charge in [0.25, 0.3) is 0 Å². The Morgan fingerprint density at radius 2 is 0.885 bits per heavy atom. The minimum Gasteiger partial charge on any atom is -0.309 e. The number of pyridine rings is 1. The molecule has 0 radical (unpaired) electrons. The Balaban J connectivity index is 1.04. The average molecular weight is 777 g/mol. The zero-order valence-corrected chi connectivity index (χ0v) is 33.1. The van der Waals surface area contributed by atoms with Crippen LogP contribution in [0.25, 0.3) is 116 Å². The van der Waals surface area contributed by atoms with Crippen molar-refractivity contribution in [2.24, 2.45) is 0 Å². The molecule has 284 valence electrons. The molecule has 4 nitrogen and oxygen atoms in total. The summed E-state index contributed by atoms with van der Waals surface area (Å²) in [5.74, 6) is 0.700. The summed E-state index contributed by atoms with van der Waals surface area (Å²) in [4.78, 5) is 15.7. The Bertz CT molecular complexity index is 3630. The fourth-order valence-corrected chi connectivity index (χ4v) is 8.98. The molecule has 3 heterocycles. The molecule has 0 aliphatic carbocycles. The second-order valence-corrected chi connectivity index (χ2v) is 15.6. The molecule has 61 heavy (non-hydrogen) atoms. The zero-order valence-electron chi connectivity index (χ0n) is 33.1. The molecule has 0 aliphatic rings. The Labute approximate surface area is 352 Å². The van der Waals surface area contributed by atoms with Crippen molar-refractivity contribution in [3.63, 3.8) is 0 Å². The van der Waals surface area contributed by atoms with Crippen LogP contribution in [0.4, 0.5) is 0 Å². The third kappa shape index (κ3) is 6.04. The smallest absolute Gasteiger partial charge is 0.160 e. The van der Waals surface area contributed by atoms with E-state index < -0.39 is 0 Å². The first-order valence-corrected chi connectivity index (χ1v) is 20.7. The van der Waals surface area contributed by atoms with Gasteiger partial charge in [0.2, 0.25) is 0 Å². The topological polar surface area (TPSA) is 43.6 Å². The summed E-state index contributed by atoms with van der Waals surface area (Å²) in [6, 6.07) is 77.4. The lowest BCUT2D eigenvalue weighted by Crippen LogP contribution is -1.96. The molecular formula is C57H36N4. The molecular weight excluding hydrogens is 741 g/mol. The predicted molar refractivity (Wildman–Crippen MR) is 254 cm³/mol. The Morgan fingerprint density at radius 3 is 1.67 bits per heavy atom. The highest BCUT2D eigenvalue weighted by Gasteiger charge is 2.18. The van der Waals surface area contributed by atoms with Gasteiger partial charge in [0.15, 0.2) is 5.82 Å². The van der Waals surface area contributed by atoms with Crippen molar-refractivity contribution in [3.8, 4) is 62.0 Å². The maximum Gasteiger partial charge on any atom is 0.160 e. The van der Waals surface area contributed by atoms with E-state index in [0.717, 1.165) is 88.9 Å². The maximum absolute atomic E-state index is 5.39. The average Bonchev–Trinajstić information content (AvgIpc) is 3.66. The second kappa shape index (κ2) is 14.3. The largest absolute Gasteiger partial charge is 0.309 e. The lowest BCUT2D eigenvalue weighted by atomic mass is 9.97. The van der Waals surface area contributed by atoms with E-state index in [-0.39, 0.29) is 0 Å². The van der Waals surface area contributed by atoms with E-state index in [1.807, 2.05) is 18.2 Å². The molecule has 3 aromatic heterocycles. The lowest BCUT2D eigenvalue weighted by molar-refractivity contribution is 1.18. The summed E-state index contributed by atoms with van der Waals surface area (Å²) in [6.45, 7) is 0. The fourth-order valence-electron chi connectivity index (χ4n) is 8.98. The molecule has 0 atom stereocenters. The first-order valence-electron chi connectivity index (χ1n) is 20.7. The molecule has 0 unspecified atom stereocenters. The van der Waals surface area contributed by atoms with Crippen LogP contribution in [-0.2, 0) is 0 Å². The molecule has 0 amide bonds. The molecule has 0 aliphatic heterocycles. The molecule has 0 N–H and O–H groups in total. The van der Waals surface area contributed by atoms with Gasteiger partial charge < -0.3 is 4.57 Å². The molecule has 12 rings (SSSR count). The van der Waals surface area contributed by atoms with Gasteiger partial charge in [-0.2, -0.15) is 0 Å². The standard InChI is InChI=1S/C57H36N4/c1-4-16-38(17-5-1)56-47-26-13-12-25-46(47)48-35-55-50(34-53(48)58-56)49-33-42(29-30-54(49)61(55)45-23-8-3-9-24-45)41-21-14-22-43(32-41)51-36-52(60-57(59-51)39-18-6-2-7-19-39)44-28-27-37-15-10-11-20-40(37)31-44/h1-36H. The molecule has 9 aromatic carbocycles. The van der Waals surface area contributed by atoms with Crippen LogP contribution in [0.1, 0.15) is 0 Å². The molecule has 0 saturated carbocycles. The van der Waals surface area contributed by atoms with E-state index in [4.69, 9.17) is 15.0 Å². The van der Waals surface area contributed by atoms with Crippen molar-refractivity contribution < 1.29 is 0 Å². The quantitative estimate of drug-likeness (QED) is 0.158. The van der Waals surface area contributed by atoms with Gasteiger partial charge in [-0.05, 0) is 81.9 Å². The third-order valence-corrected chi connectivity index (χ3v) is 11.9. The summed E-state index contributed by atoms with van der Waals surface area (Å²) in [5.41, 5.74) is 13.6. The van der Waals surface area contributed by atoms with Gasteiger partial charge in [-0.3, -0.25) is 0 Å². The van der Waals surface area contributed by atoms with E-state index in [9.17, 15) is 0 Å². The van der Waals surface area contributed by atoms with Crippen LogP contribution >= 0.6 is 0 Å². The van der Waals surface area contributed by atoms with Crippen molar-refractivity contribution in [3.05, 3.63) is 218 Å². The Hall–Kier alpha value is -8.21. The molecule has 0 saturated heterocycles. The van der Waals surface area contributed by atoms with Crippen molar-refractivity contribution in [2.45, 2.75) is 0 Å². The van der Waals surface area contributed by atoms with E-state index in [0.29, 0.717) is 5.82 Å². The normalized spacial score (nSPS) is 11.6. The predicted octanol–water partition coefficient (Wildman–Crippen LogP) is 14.8. The van der Waals surface area contributed by atoms with Crippen LogP contribution in [0.3, 0.4) is 0 Å². The number of fused-ring (bicyclic) bond motifs is 7. The monoisotopic (exact) mass is 776 g/mol. The number of benzene rings is 9. The number of aromatic nitrogens is 4. The van der Waals surface area contributed by atoms with Crippen LogP contribution < -0.4 is 0 Å². The number of hydrogen-bond acceptors (Lipinski definition) is 3. The fraction of sp³-hybridized carbons (Fsp3) is 0. The van der Waals surface area contributed by atoms with Crippen LogP contribution in [0, 0.1) is 0 Å². The lowest BCUT2D eigenvalue weighted by Gasteiger charge is -2.12. The van der Waals surface area contributed by atoms with Crippen molar-refractivity contribution in [1.29, 1.82) is 0 Å². The van der Waals surface area contributed by atoms with E-state index in [1.165, 1.54) is 21.5 Å². The molecule has 0 bridgehead atoms. The first-order chi connectivity index (χ1) is 30.2. The van der Waals surface area contributed by atoms with Crippen LogP contribution in [-0.4, -0.2) is 19.5 Å². The second-order valence-electron chi connectivity index (χ2n) is 15.6. The van der Waals surface area contributed by atoms with Crippen LogP contribution in [0.2, 0.25) is 0 Å². The summed E-state index contributed by atoms with van der Waals surface area (Å²) in [6.07, 6.45) is 0. The van der Waals surface area contributed by atoms with Gasteiger partial charge in [-0.15, -0.1) is 0 Å². The highest BCUT2D eigenvalue weighted by molar-refractivity contribution is 6.19. The Kier molecular flexibility index (Phi) is 8.13. The number of rotatable bonds is 6. The highest BCUT2D eigenvalue weighted by Crippen LogP contribution is 2.40. The summed E-state index contributed by atoms with van der Waals surface area (Å²) < 4.78 is 2.39. The number of hydrogen-bond donors (Lipinski definition) is 0. The van der Waals surface area contributed by atoms with Crippen LogP contribution in [0.5, 0.6) is 0 Å². The van der Waals surface area contributed by atoms with Crippen molar-refractivity contribution >= 4 is 54.3 Å². The van der Waals surface area contributed by atoms with Gasteiger partial charge in [-0.25, -0.2) is 15.0 Å². The van der Waals surface area contributed by atoms with Gasteiger partial charge in [0.05, 0.1) is 33.6 Å². The minimum atomic E-state index is 0.700. The maximum atomic E-state index is 5.39. The SMILES string of the molecule is c1ccc(-c2nc(-c3cccc(-c4ccc5c(c4)c4cc6nc(-c7ccccc7)c7ccccc7c6cc4n5-c4ccccc4)c3)cc(-c3ccc4ccccc4c3)n2)cc1. The van der Waals surface area contributed by atoms with E-state index >= 15 is 0 Å². The van der Waals surface area contributed by atoms with Gasteiger partial charge >= 0.3 is 0 Å². The molecule has 0 fully saturated rings. The van der Waals surface area contributed by atoms with E-state index in [2.05, 4.69) is 205 Å². The van der Waals surface area contributed by atoms with Gasteiger partial charge in [0, 0.05) is 49.5 Å². The van der Waals surface area contributed by atoms with Gasteiger partial charge in [0.1, 0.15) is 0 Å². The first kappa shape index (κ1) is 34.8. The minimum absolute atomic E-state index is 0.700. The Morgan fingerprint density at radius 1 is 0.295 bits per heavy atom. The summed E-state index contributed by atoms with van der Waals surface area (Å²) in [5, 5.41) is 8.20. The molecule has 0 spiro atoms. The van der Waals surface area contributed by atoms with Gasteiger partial charge in [-0.1, -0.05) is 164 Å². The highest BCUT2D eigenvalue weighted by atomic mass is 15.0. The van der Waals surface area contributed by atoms with Crippen molar-refractivity contribution in [2.75, 3.05) is 0 Å². The number of para-hydroxylation sites is 1. The zero-order chi connectivity index (χ0) is 40.3.